The Kier molecular flexibility index (Phi) is 5.98. The number of aromatic nitrogens is 1. The van der Waals surface area contributed by atoms with E-state index in [0.29, 0.717) is 17.1 Å². The summed E-state index contributed by atoms with van der Waals surface area (Å²) in [4.78, 5) is 29.3. The maximum absolute atomic E-state index is 12.5. The molecule has 1 aliphatic rings. The van der Waals surface area contributed by atoms with Gasteiger partial charge in [0.2, 0.25) is 0 Å². The number of thioether (sulfide) groups is 2. The predicted octanol–water partition coefficient (Wildman–Crippen LogP) is 1.15. The molecule has 5 nitrogen and oxygen atoms in total. The number of carbonyl (C=O) groups excluding carboxylic acids is 2. The van der Waals surface area contributed by atoms with Gasteiger partial charge < -0.3 is 9.90 Å². The molecule has 0 aliphatic carbocycles. The first-order chi connectivity index (χ1) is 10.5. The zero-order chi connectivity index (χ0) is 16.1. The lowest BCUT2D eigenvalue weighted by Gasteiger charge is -2.27. The zero-order valence-electron chi connectivity index (χ0n) is 11.7. The highest BCUT2D eigenvalue weighted by molar-refractivity contribution is 8.26. The van der Waals surface area contributed by atoms with E-state index in [1.54, 1.807) is 30.6 Å². The molecule has 1 aromatic heterocycles. The Hall–Kier alpha value is -1.38. The van der Waals surface area contributed by atoms with Gasteiger partial charge >= 0.3 is 0 Å². The van der Waals surface area contributed by atoms with Crippen molar-refractivity contribution in [3.8, 4) is 0 Å². The average Bonchev–Trinajstić information content (AvgIpc) is 2.76. The Morgan fingerprint density at radius 1 is 1.55 bits per heavy atom. The number of rotatable bonds is 6. The van der Waals surface area contributed by atoms with Gasteiger partial charge in [-0.1, -0.05) is 24.0 Å². The summed E-state index contributed by atoms with van der Waals surface area (Å²) >= 11 is 7.79. The van der Waals surface area contributed by atoms with E-state index in [4.69, 9.17) is 12.2 Å². The van der Waals surface area contributed by atoms with Gasteiger partial charge in [0.25, 0.3) is 5.91 Å². The van der Waals surface area contributed by atoms with Gasteiger partial charge in [0.15, 0.2) is 0 Å². The number of amides is 1. The summed E-state index contributed by atoms with van der Waals surface area (Å²) in [5.41, 5.74) is 0.810. The van der Waals surface area contributed by atoms with Crippen LogP contribution in [0.5, 0.6) is 0 Å². The van der Waals surface area contributed by atoms with Gasteiger partial charge in [-0.3, -0.25) is 14.7 Å². The summed E-state index contributed by atoms with van der Waals surface area (Å²) < 4.78 is 0.251. The summed E-state index contributed by atoms with van der Waals surface area (Å²) in [6, 6.07) is 2.50. The molecule has 0 saturated carbocycles. The lowest BCUT2D eigenvalue weighted by atomic mass is 10.2. The number of nitrogens with zero attached hydrogens (tertiary/aromatic N) is 2. The lowest BCUT2D eigenvalue weighted by molar-refractivity contribution is -0.310. The van der Waals surface area contributed by atoms with E-state index in [9.17, 15) is 14.7 Å². The summed E-state index contributed by atoms with van der Waals surface area (Å²) in [5.74, 6) is -1.06. The fourth-order valence-electron chi connectivity index (χ4n) is 1.94. The molecular weight excluding hydrogens is 340 g/mol. The van der Waals surface area contributed by atoms with Gasteiger partial charge in [-0.15, -0.1) is 0 Å². The maximum atomic E-state index is 12.5. The average molecular weight is 353 g/mol. The fourth-order valence-corrected chi connectivity index (χ4v) is 3.76. The number of hydrogen-bond acceptors (Lipinski definition) is 7. The van der Waals surface area contributed by atoms with Gasteiger partial charge in [-0.2, -0.15) is 11.8 Å². The van der Waals surface area contributed by atoms with Crippen LogP contribution in [0.1, 0.15) is 12.0 Å². The largest absolute Gasteiger partial charge is 0.548 e. The van der Waals surface area contributed by atoms with Crippen LogP contribution in [-0.4, -0.2) is 44.1 Å². The van der Waals surface area contributed by atoms with E-state index >= 15 is 0 Å². The van der Waals surface area contributed by atoms with Gasteiger partial charge in [-0.05, 0) is 42.2 Å². The number of carboxylic acids is 1. The van der Waals surface area contributed by atoms with Crippen LogP contribution in [0.25, 0.3) is 6.08 Å². The highest BCUT2D eigenvalue weighted by Crippen LogP contribution is 2.34. The predicted molar refractivity (Wildman–Crippen MR) is 91.0 cm³/mol. The minimum absolute atomic E-state index is 0.251. The van der Waals surface area contributed by atoms with Crippen molar-refractivity contribution in [3.05, 3.63) is 35.0 Å². The van der Waals surface area contributed by atoms with Crippen LogP contribution in [0.3, 0.4) is 0 Å². The highest BCUT2D eigenvalue weighted by atomic mass is 32.2. The molecule has 2 heterocycles. The van der Waals surface area contributed by atoms with Crippen molar-refractivity contribution in [3.63, 3.8) is 0 Å². The van der Waals surface area contributed by atoms with Gasteiger partial charge in [0.1, 0.15) is 4.32 Å². The van der Waals surface area contributed by atoms with Crippen LogP contribution in [0, 0.1) is 0 Å². The van der Waals surface area contributed by atoms with Crippen LogP contribution in [0.2, 0.25) is 0 Å². The number of thiocarbonyl (C=S) groups is 1. The van der Waals surface area contributed by atoms with Crippen molar-refractivity contribution in [2.45, 2.75) is 12.5 Å². The normalized spacial score (nSPS) is 18.0. The van der Waals surface area contributed by atoms with Crippen LogP contribution in [-0.2, 0) is 9.59 Å². The second-order valence-corrected chi connectivity index (χ2v) is 7.11. The lowest BCUT2D eigenvalue weighted by Crippen LogP contribution is -2.50. The minimum Gasteiger partial charge on any atom is -0.548 e. The summed E-state index contributed by atoms with van der Waals surface area (Å²) in [6.07, 6.45) is 7.10. The monoisotopic (exact) mass is 353 g/mol. The standard InChI is InChI=1S/C14H14N2O3S3/c1-21-7-4-10(13(18)19)16-12(17)11(22-14(16)20)8-9-2-5-15-6-3-9/h2-3,5-6,8,10H,4,7H2,1H3,(H,18,19)/p-1/b11-8-/t10-/m0/s1. The SMILES string of the molecule is CSCC[C@@H](C(=O)[O-])N1C(=O)/C(=C/c2ccncc2)SC1=S. The van der Waals surface area contributed by atoms with Crippen LogP contribution in [0.4, 0.5) is 0 Å². The third-order valence-electron chi connectivity index (χ3n) is 3.01. The molecule has 1 aliphatic heterocycles. The number of carboxylic acid groups (broad SMARTS) is 1. The van der Waals surface area contributed by atoms with E-state index in [-0.39, 0.29) is 10.2 Å². The topological polar surface area (TPSA) is 73.3 Å². The zero-order valence-corrected chi connectivity index (χ0v) is 14.2. The molecule has 8 heteroatoms. The molecule has 0 unspecified atom stereocenters. The van der Waals surface area contributed by atoms with E-state index < -0.39 is 12.0 Å². The van der Waals surface area contributed by atoms with Crippen molar-refractivity contribution < 1.29 is 14.7 Å². The van der Waals surface area contributed by atoms with Crippen molar-refractivity contribution in [2.75, 3.05) is 12.0 Å². The molecule has 1 saturated heterocycles. The van der Waals surface area contributed by atoms with E-state index in [2.05, 4.69) is 4.98 Å². The summed E-state index contributed by atoms with van der Waals surface area (Å²) in [5, 5.41) is 11.3. The van der Waals surface area contributed by atoms with Crippen LogP contribution < -0.4 is 5.11 Å². The van der Waals surface area contributed by atoms with Gasteiger partial charge in [-0.25, -0.2) is 0 Å². The maximum Gasteiger partial charge on any atom is 0.266 e. The highest BCUT2D eigenvalue weighted by Gasteiger charge is 2.37. The molecule has 0 bridgehead atoms. The van der Waals surface area contributed by atoms with Crippen LogP contribution >= 0.6 is 35.7 Å². The molecule has 2 rings (SSSR count). The second-order valence-electron chi connectivity index (χ2n) is 4.45. The molecule has 1 aromatic rings. The molecule has 0 radical (unpaired) electrons. The Labute approximate surface area is 142 Å². The molecular formula is C14H13N2O3S3-. The first-order valence-corrected chi connectivity index (χ1v) is 9.03. The Morgan fingerprint density at radius 3 is 2.82 bits per heavy atom. The molecule has 1 atom stereocenters. The quantitative estimate of drug-likeness (QED) is 0.561. The molecule has 0 aromatic carbocycles. The molecule has 1 fully saturated rings. The van der Waals surface area contributed by atoms with E-state index in [1.165, 1.54) is 11.8 Å². The number of carbonyl (C=O) groups is 2. The molecule has 22 heavy (non-hydrogen) atoms. The molecule has 0 spiro atoms. The van der Waals surface area contributed by atoms with Crippen LogP contribution in [0.15, 0.2) is 29.4 Å². The summed E-state index contributed by atoms with van der Waals surface area (Å²) in [6.45, 7) is 0. The third-order valence-corrected chi connectivity index (χ3v) is 4.98. The van der Waals surface area contributed by atoms with Crippen molar-refractivity contribution in [1.29, 1.82) is 0 Å². The third kappa shape index (κ3) is 3.88. The first-order valence-electron chi connectivity index (χ1n) is 6.41. The minimum atomic E-state index is -1.28. The van der Waals surface area contributed by atoms with Crippen molar-refractivity contribution in [1.82, 2.24) is 9.88 Å². The molecule has 0 N–H and O–H groups in total. The Balaban J connectivity index is 2.24. The second kappa shape index (κ2) is 7.75. The van der Waals surface area contributed by atoms with E-state index in [1.807, 2.05) is 6.26 Å². The first kappa shape index (κ1) is 17.0. The van der Waals surface area contributed by atoms with E-state index in [0.717, 1.165) is 22.2 Å². The number of hydrogen-bond donors (Lipinski definition) is 0. The Bertz CT molecular complexity index is 619. The Morgan fingerprint density at radius 2 is 2.23 bits per heavy atom. The number of aliphatic carboxylic acids is 1. The molecule has 116 valence electrons. The fraction of sp³-hybridized carbons (Fsp3) is 0.286. The molecule has 1 amide bonds. The number of pyridine rings is 1. The van der Waals surface area contributed by atoms with Gasteiger partial charge in [0.05, 0.1) is 16.9 Å². The van der Waals surface area contributed by atoms with Crippen molar-refractivity contribution in [2.24, 2.45) is 0 Å². The smallest absolute Gasteiger partial charge is 0.266 e. The van der Waals surface area contributed by atoms with Gasteiger partial charge in [0, 0.05) is 12.4 Å². The van der Waals surface area contributed by atoms with Crippen molar-refractivity contribution >= 4 is 58.0 Å². The summed E-state index contributed by atoms with van der Waals surface area (Å²) in [7, 11) is 0.